The number of amides is 1. The van der Waals surface area contributed by atoms with Gasteiger partial charge in [-0.1, -0.05) is 0 Å². The molecule has 0 radical (unpaired) electrons. The van der Waals surface area contributed by atoms with E-state index < -0.39 is 0 Å². The van der Waals surface area contributed by atoms with Gasteiger partial charge >= 0.3 is 0 Å². The predicted molar refractivity (Wildman–Crippen MR) is 64.5 cm³/mol. The van der Waals surface area contributed by atoms with Crippen molar-refractivity contribution in [2.75, 3.05) is 5.32 Å². The minimum absolute atomic E-state index is 0.131. The van der Waals surface area contributed by atoms with Crippen molar-refractivity contribution in [1.82, 2.24) is 20.0 Å². The Hall–Kier alpha value is -1.89. The summed E-state index contributed by atoms with van der Waals surface area (Å²) in [6, 6.07) is -0.164. The van der Waals surface area contributed by atoms with Gasteiger partial charge in [-0.05, 0) is 13.8 Å². The van der Waals surface area contributed by atoms with Gasteiger partial charge in [-0.25, -0.2) is 4.68 Å². The van der Waals surface area contributed by atoms with Crippen LogP contribution in [0.3, 0.4) is 0 Å². The molecule has 0 aliphatic rings. The van der Waals surface area contributed by atoms with Crippen LogP contribution < -0.4 is 11.1 Å². The first-order chi connectivity index (χ1) is 7.99. The second-order valence-corrected chi connectivity index (χ2v) is 4.24. The molecule has 0 aromatic carbocycles. The Balaban J connectivity index is 2.27. The highest BCUT2D eigenvalue weighted by Crippen LogP contribution is 2.23. The Morgan fingerprint density at radius 1 is 1.65 bits per heavy atom. The fourth-order valence-corrected chi connectivity index (χ4v) is 1.81. The number of carbonyl (C=O) groups excluding carboxylic acids is 1. The maximum atomic E-state index is 11.6. The van der Waals surface area contributed by atoms with Crippen LogP contribution in [0.2, 0.25) is 0 Å². The number of nitrogens with one attached hydrogen (secondary N) is 2. The van der Waals surface area contributed by atoms with Crippen molar-refractivity contribution < 1.29 is 4.79 Å². The maximum Gasteiger partial charge on any atom is 0.227 e. The van der Waals surface area contributed by atoms with Gasteiger partial charge in [-0.2, -0.15) is 10.2 Å². The van der Waals surface area contributed by atoms with Gasteiger partial charge in [0, 0.05) is 19.5 Å². The number of hydrogen-bond acceptors (Lipinski definition) is 4. The van der Waals surface area contributed by atoms with E-state index >= 15 is 0 Å². The van der Waals surface area contributed by atoms with Crippen molar-refractivity contribution >= 4 is 22.8 Å². The number of aromatic amines is 1. The fraction of sp³-hybridized carbons (Fsp3) is 0.500. The zero-order valence-corrected chi connectivity index (χ0v) is 10.1. The molecule has 0 bridgehead atoms. The Kier molecular flexibility index (Phi) is 2.84. The summed E-state index contributed by atoms with van der Waals surface area (Å²) in [6.07, 6.45) is 0.278. The number of rotatable bonds is 3. The van der Waals surface area contributed by atoms with Crippen LogP contribution in [-0.4, -0.2) is 31.9 Å². The average Bonchev–Trinajstić information content (AvgIpc) is 2.70. The predicted octanol–water partition coefficient (Wildman–Crippen LogP) is 0.281. The number of H-pyrrole nitrogens is 1. The van der Waals surface area contributed by atoms with Gasteiger partial charge in [0.1, 0.15) is 5.82 Å². The highest BCUT2D eigenvalue weighted by Gasteiger charge is 2.15. The Morgan fingerprint density at radius 2 is 2.35 bits per heavy atom. The molecule has 4 N–H and O–H groups in total. The summed E-state index contributed by atoms with van der Waals surface area (Å²) in [4.78, 5) is 11.6. The summed E-state index contributed by atoms with van der Waals surface area (Å²) >= 11 is 0. The van der Waals surface area contributed by atoms with Crippen LogP contribution in [0.4, 0.5) is 5.82 Å². The first-order valence-electron chi connectivity index (χ1n) is 5.42. The lowest BCUT2D eigenvalue weighted by atomic mass is 10.2. The maximum absolute atomic E-state index is 11.6. The van der Waals surface area contributed by atoms with Crippen molar-refractivity contribution in [1.29, 1.82) is 0 Å². The fourth-order valence-electron chi connectivity index (χ4n) is 1.81. The molecule has 0 fully saturated rings. The largest absolute Gasteiger partial charge is 0.327 e. The normalized spacial score (nSPS) is 12.9. The molecule has 2 aromatic heterocycles. The van der Waals surface area contributed by atoms with Gasteiger partial charge in [0.25, 0.3) is 0 Å². The summed E-state index contributed by atoms with van der Waals surface area (Å²) in [7, 11) is 1.81. The second kappa shape index (κ2) is 4.17. The monoisotopic (exact) mass is 236 g/mol. The van der Waals surface area contributed by atoms with E-state index in [0.717, 1.165) is 16.7 Å². The lowest BCUT2D eigenvalue weighted by molar-refractivity contribution is -0.116. The van der Waals surface area contributed by atoms with E-state index in [1.807, 2.05) is 14.0 Å². The number of nitrogens with zero attached hydrogens (tertiary/aromatic N) is 3. The third-order valence-electron chi connectivity index (χ3n) is 2.49. The van der Waals surface area contributed by atoms with Gasteiger partial charge in [-0.3, -0.25) is 9.89 Å². The molecular formula is C10H16N6O. The number of fused-ring (bicyclic) bond motifs is 1. The molecule has 0 aliphatic heterocycles. The third-order valence-corrected chi connectivity index (χ3v) is 2.49. The number of carbonyl (C=O) groups is 1. The molecule has 0 saturated carbocycles. The average molecular weight is 236 g/mol. The van der Waals surface area contributed by atoms with E-state index in [4.69, 9.17) is 5.73 Å². The van der Waals surface area contributed by atoms with Crippen LogP contribution in [-0.2, 0) is 11.8 Å². The molecule has 2 aromatic rings. The topological polar surface area (TPSA) is 102 Å². The zero-order chi connectivity index (χ0) is 12.6. The highest BCUT2D eigenvalue weighted by atomic mass is 16.1. The van der Waals surface area contributed by atoms with Crippen LogP contribution in [0.1, 0.15) is 19.0 Å². The van der Waals surface area contributed by atoms with Gasteiger partial charge < -0.3 is 11.1 Å². The molecule has 1 unspecified atom stereocenters. The van der Waals surface area contributed by atoms with Gasteiger partial charge in [0.2, 0.25) is 5.91 Å². The zero-order valence-electron chi connectivity index (χ0n) is 10.1. The van der Waals surface area contributed by atoms with Crippen molar-refractivity contribution in [3.8, 4) is 0 Å². The summed E-state index contributed by atoms with van der Waals surface area (Å²) in [6.45, 7) is 3.66. The Bertz CT molecular complexity index is 552. The van der Waals surface area contributed by atoms with E-state index in [2.05, 4.69) is 20.6 Å². The molecule has 17 heavy (non-hydrogen) atoms. The first-order valence-corrected chi connectivity index (χ1v) is 5.42. The molecule has 7 nitrogen and oxygen atoms in total. The van der Waals surface area contributed by atoms with Gasteiger partial charge in [-0.15, -0.1) is 0 Å². The molecule has 2 heterocycles. The Morgan fingerprint density at radius 3 is 3.00 bits per heavy atom. The number of anilines is 1. The summed E-state index contributed by atoms with van der Waals surface area (Å²) in [5.74, 6) is 0.449. The Labute approximate surface area is 98.4 Å². The molecule has 2 rings (SSSR count). The van der Waals surface area contributed by atoms with E-state index in [1.165, 1.54) is 0 Å². The molecule has 1 atom stereocenters. The lowest BCUT2D eigenvalue weighted by Gasteiger charge is -2.05. The molecule has 0 spiro atoms. The highest BCUT2D eigenvalue weighted by molar-refractivity contribution is 5.99. The van der Waals surface area contributed by atoms with E-state index in [0.29, 0.717) is 5.82 Å². The van der Waals surface area contributed by atoms with Crippen molar-refractivity contribution in [2.45, 2.75) is 26.3 Å². The van der Waals surface area contributed by atoms with Gasteiger partial charge in [0.05, 0.1) is 11.1 Å². The lowest BCUT2D eigenvalue weighted by Crippen LogP contribution is -2.24. The number of aromatic nitrogens is 4. The van der Waals surface area contributed by atoms with E-state index in [9.17, 15) is 4.79 Å². The quantitative estimate of drug-likeness (QED) is 0.712. The number of nitrogens with two attached hydrogens (primary N) is 1. The van der Waals surface area contributed by atoms with Crippen LogP contribution in [0.5, 0.6) is 0 Å². The van der Waals surface area contributed by atoms with Gasteiger partial charge in [0.15, 0.2) is 5.65 Å². The van der Waals surface area contributed by atoms with Crippen molar-refractivity contribution in [3.05, 3.63) is 5.69 Å². The van der Waals surface area contributed by atoms with Crippen LogP contribution >= 0.6 is 0 Å². The molecular weight excluding hydrogens is 220 g/mol. The minimum atomic E-state index is -0.164. The minimum Gasteiger partial charge on any atom is -0.327 e. The van der Waals surface area contributed by atoms with Crippen LogP contribution in [0.25, 0.3) is 11.0 Å². The smallest absolute Gasteiger partial charge is 0.227 e. The number of hydrogen-bond donors (Lipinski definition) is 3. The first kappa shape index (κ1) is 11.6. The van der Waals surface area contributed by atoms with E-state index in [1.54, 1.807) is 11.6 Å². The standard InChI is InChI=1S/C10H16N6O/c1-5(11)4-7(17)12-9-8-6(2)15-16(3)10(8)14-13-9/h5H,4,11H2,1-3H3,(H2,12,13,14,17). The molecule has 0 aliphatic carbocycles. The molecule has 1 amide bonds. The second-order valence-electron chi connectivity index (χ2n) is 4.24. The summed E-state index contributed by atoms with van der Waals surface area (Å²) < 4.78 is 1.67. The van der Waals surface area contributed by atoms with Crippen molar-refractivity contribution in [2.24, 2.45) is 12.8 Å². The summed E-state index contributed by atoms with van der Waals surface area (Å²) in [5.41, 5.74) is 7.11. The third kappa shape index (κ3) is 2.14. The van der Waals surface area contributed by atoms with Crippen molar-refractivity contribution in [3.63, 3.8) is 0 Å². The molecule has 7 heteroatoms. The SMILES string of the molecule is Cc1nn(C)c2n[nH]c(NC(=O)CC(C)N)c12. The summed E-state index contributed by atoms with van der Waals surface area (Å²) in [5, 5.41) is 14.7. The van der Waals surface area contributed by atoms with Crippen LogP contribution in [0.15, 0.2) is 0 Å². The molecule has 0 saturated heterocycles. The van der Waals surface area contributed by atoms with Crippen LogP contribution in [0, 0.1) is 6.92 Å². The van der Waals surface area contributed by atoms with E-state index in [-0.39, 0.29) is 18.4 Å². The molecule has 92 valence electrons. The number of aryl methyl sites for hydroxylation is 2.